The second-order valence-electron chi connectivity index (χ2n) is 4.11. The molecule has 0 saturated carbocycles. The van der Waals surface area contributed by atoms with Gasteiger partial charge >= 0.3 is 11.9 Å². The van der Waals surface area contributed by atoms with Gasteiger partial charge in [-0.3, -0.25) is 0 Å². The first-order chi connectivity index (χ1) is 10.1. The van der Waals surface area contributed by atoms with Crippen LogP contribution in [-0.2, 0) is 4.79 Å². The van der Waals surface area contributed by atoms with E-state index in [1.165, 1.54) is 24.3 Å². The Morgan fingerprint density at radius 2 is 1.81 bits per heavy atom. The molecule has 0 aliphatic carbocycles. The highest BCUT2D eigenvalue weighted by Gasteiger charge is 2.14. The minimum Gasteiger partial charge on any atom is -0.478 e. The van der Waals surface area contributed by atoms with Crippen molar-refractivity contribution in [3.8, 4) is 5.75 Å². The molecule has 5 heteroatoms. The van der Waals surface area contributed by atoms with Crippen LogP contribution >= 0.6 is 11.6 Å². The number of carboxylic acid groups (broad SMARTS) is 1. The Kier molecular flexibility index (Phi) is 4.74. The van der Waals surface area contributed by atoms with E-state index in [2.05, 4.69) is 0 Å². The average molecular weight is 303 g/mol. The van der Waals surface area contributed by atoms with E-state index in [-0.39, 0.29) is 16.3 Å². The van der Waals surface area contributed by atoms with Crippen LogP contribution in [0.25, 0.3) is 6.08 Å². The third-order valence-corrected chi connectivity index (χ3v) is 2.83. The molecule has 2 aromatic rings. The van der Waals surface area contributed by atoms with Gasteiger partial charge < -0.3 is 9.84 Å². The summed E-state index contributed by atoms with van der Waals surface area (Å²) in [6, 6.07) is 13.2. The lowest BCUT2D eigenvalue weighted by molar-refractivity contribution is -0.128. The van der Waals surface area contributed by atoms with Crippen molar-refractivity contribution in [3.05, 3.63) is 70.8 Å². The van der Waals surface area contributed by atoms with Gasteiger partial charge in [-0.1, -0.05) is 41.9 Å². The van der Waals surface area contributed by atoms with Crippen LogP contribution in [0.5, 0.6) is 5.75 Å². The largest absolute Gasteiger partial charge is 0.478 e. The fourth-order valence-corrected chi connectivity index (χ4v) is 1.80. The van der Waals surface area contributed by atoms with Crippen LogP contribution < -0.4 is 4.74 Å². The zero-order chi connectivity index (χ0) is 15.2. The molecule has 0 bridgehead atoms. The van der Waals surface area contributed by atoms with Crippen molar-refractivity contribution in [2.45, 2.75) is 0 Å². The molecule has 0 atom stereocenters. The molecule has 0 radical (unpaired) electrons. The third kappa shape index (κ3) is 4.19. The third-order valence-electron chi connectivity index (χ3n) is 2.59. The Hall–Kier alpha value is -2.59. The Balaban J connectivity index is 2.13. The molecule has 0 saturated heterocycles. The van der Waals surface area contributed by atoms with E-state index in [1.807, 2.05) is 30.3 Å². The van der Waals surface area contributed by atoms with Gasteiger partial charge in [0.15, 0.2) is 0 Å². The molecule has 4 nitrogen and oxygen atoms in total. The van der Waals surface area contributed by atoms with Crippen molar-refractivity contribution >= 4 is 29.6 Å². The molecule has 2 rings (SSSR count). The van der Waals surface area contributed by atoms with Crippen LogP contribution in [0.4, 0.5) is 0 Å². The second kappa shape index (κ2) is 6.72. The zero-order valence-corrected chi connectivity index (χ0v) is 11.6. The van der Waals surface area contributed by atoms with Crippen molar-refractivity contribution in [1.29, 1.82) is 0 Å². The molecule has 0 heterocycles. The Bertz CT molecular complexity index is 693. The molecule has 0 fully saturated rings. The Morgan fingerprint density at radius 3 is 2.48 bits per heavy atom. The molecule has 0 aromatic heterocycles. The summed E-state index contributed by atoms with van der Waals surface area (Å²) in [4.78, 5) is 22.8. The number of aromatic carboxylic acids is 1. The number of carbonyl (C=O) groups excluding carboxylic acids is 1. The van der Waals surface area contributed by atoms with Crippen LogP contribution in [0, 0.1) is 0 Å². The lowest BCUT2D eigenvalue weighted by atomic mass is 10.2. The second-order valence-corrected chi connectivity index (χ2v) is 4.55. The van der Waals surface area contributed by atoms with Gasteiger partial charge in [0, 0.05) is 11.1 Å². The number of carbonyl (C=O) groups is 2. The van der Waals surface area contributed by atoms with E-state index < -0.39 is 11.9 Å². The summed E-state index contributed by atoms with van der Waals surface area (Å²) >= 11 is 5.72. The highest BCUT2D eigenvalue weighted by molar-refractivity contribution is 6.31. The SMILES string of the molecule is O=C(/C=C/c1ccccc1)Oc1ccc(Cl)cc1C(=O)O. The van der Waals surface area contributed by atoms with Gasteiger partial charge in [0.05, 0.1) is 0 Å². The first-order valence-electron chi connectivity index (χ1n) is 6.04. The number of ether oxygens (including phenoxy) is 1. The maximum atomic E-state index is 11.7. The quantitative estimate of drug-likeness (QED) is 0.532. The van der Waals surface area contributed by atoms with Crippen molar-refractivity contribution in [1.82, 2.24) is 0 Å². The molecule has 0 spiro atoms. The lowest BCUT2D eigenvalue weighted by Gasteiger charge is -2.05. The minimum atomic E-state index is -1.22. The molecular formula is C16H11ClO4. The summed E-state index contributed by atoms with van der Waals surface area (Å²) in [7, 11) is 0. The predicted octanol–water partition coefficient (Wildman–Crippen LogP) is 3.66. The highest BCUT2D eigenvalue weighted by atomic mass is 35.5. The number of halogens is 1. The van der Waals surface area contributed by atoms with Crippen molar-refractivity contribution in [3.63, 3.8) is 0 Å². The van der Waals surface area contributed by atoms with Gasteiger partial charge in [-0.25, -0.2) is 9.59 Å². The first kappa shape index (κ1) is 14.8. The summed E-state index contributed by atoms with van der Waals surface area (Å²) in [5.74, 6) is -1.93. The van der Waals surface area contributed by atoms with Gasteiger partial charge in [-0.15, -0.1) is 0 Å². The van der Waals surface area contributed by atoms with Crippen molar-refractivity contribution in [2.24, 2.45) is 0 Å². The van der Waals surface area contributed by atoms with Crippen molar-refractivity contribution < 1.29 is 19.4 Å². The molecule has 106 valence electrons. The Morgan fingerprint density at radius 1 is 1.10 bits per heavy atom. The van der Waals surface area contributed by atoms with E-state index in [9.17, 15) is 9.59 Å². The van der Waals surface area contributed by atoms with Gasteiger partial charge in [-0.2, -0.15) is 0 Å². The number of carboxylic acids is 1. The van der Waals surface area contributed by atoms with Gasteiger partial charge in [0.25, 0.3) is 0 Å². The molecule has 0 unspecified atom stereocenters. The summed E-state index contributed by atoms with van der Waals surface area (Å²) in [5, 5.41) is 9.30. The maximum absolute atomic E-state index is 11.7. The molecular weight excluding hydrogens is 292 g/mol. The molecule has 0 amide bonds. The molecule has 0 aliphatic rings. The lowest BCUT2D eigenvalue weighted by Crippen LogP contribution is -2.08. The van der Waals surface area contributed by atoms with E-state index >= 15 is 0 Å². The summed E-state index contributed by atoms with van der Waals surface area (Å²) in [6.07, 6.45) is 2.81. The van der Waals surface area contributed by atoms with Crippen LogP contribution in [0.1, 0.15) is 15.9 Å². The maximum Gasteiger partial charge on any atom is 0.339 e. The fourth-order valence-electron chi connectivity index (χ4n) is 1.63. The van der Waals surface area contributed by atoms with Gasteiger partial charge in [0.2, 0.25) is 0 Å². The van der Waals surface area contributed by atoms with Crippen LogP contribution in [0.2, 0.25) is 5.02 Å². The minimum absolute atomic E-state index is 0.0467. The molecule has 0 aliphatic heterocycles. The molecule has 1 N–H and O–H groups in total. The first-order valence-corrected chi connectivity index (χ1v) is 6.42. The average Bonchev–Trinajstić information content (AvgIpc) is 2.48. The van der Waals surface area contributed by atoms with Crippen LogP contribution in [-0.4, -0.2) is 17.0 Å². The predicted molar refractivity (Wildman–Crippen MR) is 79.5 cm³/mol. The van der Waals surface area contributed by atoms with E-state index in [0.717, 1.165) is 5.56 Å². The molecule has 2 aromatic carbocycles. The summed E-state index contributed by atoms with van der Waals surface area (Å²) in [5.41, 5.74) is 0.674. The monoisotopic (exact) mass is 302 g/mol. The van der Waals surface area contributed by atoms with E-state index in [4.69, 9.17) is 21.4 Å². The van der Waals surface area contributed by atoms with Crippen LogP contribution in [0.15, 0.2) is 54.6 Å². The number of esters is 1. The standard InChI is InChI=1S/C16H11ClO4/c17-12-7-8-14(13(10-12)16(19)20)21-15(18)9-6-11-4-2-1-3-5-11/h1-10H,(H,19,20)/b9-6+. The number of rotatable bonds is 4. The summed E-state index contributed by atoms with van der Waals surface area (Å²) < 4.78 is 5.02. The number of hydrogen-bond acceptors (Lipinski definition) is 3. The van der Waals surface area contributed by atoms with Gasteiger partial charge in [0.1, 0.15) is 11.3 Å². The normalized spacial score (nSPS) is 10.5. The number of hydrogen-bond donors (Lipinski definition) is 1. The Labute approximate surface area is 126 Å². The number of benzene rings is 2. The summed E-state index contributed by atoms with van der Waals surface area (Å²) in [6.45, 7) is 0. The van der Waals surface area contributed by atoms with Crippen molar-refractivity contribution in [2.75, 3.05) is 0 Å². The highest BCUT2D eigenvalue weighted by Crippen LogP contribution is 2.23. The molecule has 21 heavy (non-hydrogen) atoms. The van der Waals surface area contributed by atoms with Crippen LogP contribution in [0.3, 0.4) is 0 Å². The van der Waals surface area contributed by atoms with E-state index in [0.29, 0.717) is 0 Å². The van der Waals surface area contributed by atoms with E-state index in [1.54, 1.807) is 6.08 Å². The van der Waals surface area contributed by atoms with Gasteiger partial charge in [-0.05, 0) is 29.8 Å². The fraction of sp³-hybridized carbons (Fsp3) is 0. The topological polar surface area (TPSA) is 63.6 Å². The zero-order valence-electron chi connectivity index (χ0n) is 10.8. The smallest absolute Gasteiger partial charge is 0.339 e.